The lowest BCUT2D eigenvalue weighted by atomic mass is 10.3. The van der Waals surface area contributed by atoms with Crippen molar-refractivity contribution in [3.63, 3.8) is 0 Å². The van der Waals surface area contributed by atoms with Gasteiger partial charge in [-0.1, -0.05) is 0 Å². The highest BCUT2D eigenvalue weighted by Gasteiger charge is 1.98. The molecule has 1 unspecified atom stereocenters. The van der Waals surface area contributed by atoms with Crippen molar-refractivity contribution in [3.8, 4) is 0 Å². The number of nitrogens with one attached hydrogen (secondary N) is 1. The van der Waals surface area contributed by atoms with E-state index >= 15 is 0 Å². The number of methoxy groups -OCH3 is 2. The lowest BCUT2D eigenvalue weighted by molar-refractivity contribution is 0.00378. The molecule has 0 amide bonds. The molecule has 0 saturated carbocycles. The maximum Gasteiger partial charge on any atom is 0.0701 e. The van der Waals surface area contributed by atoms with E-state index in [1.54, 1.807) is 14.2 Å². The molecule has 0 heterocycles. The van der Waals surface area contributed by atoms with Crippen LogP contribution >= 0.6 is 0 Å². The van der Waals surface area contributed by atoms with Crippen LogP contribution in [0.5, 0.6) is 0 Å². The lowest BCUT2D eigenvalue weighted by Crippen LogP contribution is -2.33. The highest BCUT2D eigenvalue weighted by Crippen LogP contribution is 1.83. The first kappa shape index (κ1) is 18.8. The molecule has 0 fully saturated rings. The molecular weight excluding hydrogens is 250 g/mol. The van der Waals surface area contributed by atoms with E-state index in [-0.39, 0.29) is 0 Å². The van der Waals surface area contributed by atoms with Gasteiger partial charge in [-0.05, 0) is 6.92 Å². The fourth-order valence-electron chi connectivity index (χ4n) is 1.37. The highest BCUT2D eigenvalue weighted by atomic mass is 16.6. The minimum atomic E-state index is 0.356. The lowest BCUT2D eigenvalue weighted by Gasteiger charge is -2.12. The first-order chi connectivity index (χ1) is 9.31. The summed E-state index contributed by atoms with van der Waals surface area (Å²) in [6.45, 7) is 7.93. The van der Waals surface area contributed by atoms with Crippen LogP contribution in [0, 0.1) is 0 Å². The molecule has 19 heavy (non-hydrogen) atoms. The van der Waals surface area contributed by atoms with Gasteiger partial charge in [-0.2, -0.15) is 0 Å². The van der Waals surface area contributed by atoms with Crippen molar-refractivity contribution in [1.82, 2.24) is 5.32 Å². The first-order valence-electron chi connectivity index (χ1n) is 6.75. The van der Waals surface area contributed by atoms with Crippen molar-refractivity contribution < 1.29 is 23.7 Å². The van der Waals surface area contributed by atoms with Gasteiger partial charge in [0, 0.05) is 26.8 Å². The van der Waals surface area contributed by atoms with Gasteiger partial charge in [0.15, 0.2) is 0 Å². The van der Waals surface area contributed by atoms with Crippen molar-refractivity contribution in [2.75, 3.05) is 73.6 Å². The van der Waals surface area contributed by atoms with E-state index in [0.29, 0.717) is 58.9 Å². The summed E-state index contributed by atoms with van der Waals surface area (Å²) in [5.41, 5.74) is 0. The standard InChI is InChI=1S/C13H29NO5/c1-13(12-16-3)14-4-5-17-8-9-19-11-10-18-7-6-15-2/h13-14H,4-12H2,1-3H3. The Kier molecular flexibility index (Phi) is 15.6. The summed E-state index contributed by atoms with van der Waals surface area (Å²) in [6, 6.07) is 0.356. The van der Waals surface area contributed by atoms with Crippen LogP contribution < -0.4 is 5.32 Å². The molecule has 0 aliphatic rings. The Labute approximate surface area is 116 Å². The largest absolute Gasteiger partial charge is 0.383 e. The third-order valence-electron chi connectivity index (χ3n) is 2.33. The molecule has 0 rings (SSSR count). The molecule has 1 atom stereocenters. The number of hydrogen-bond donors (Lipinski definition) is 1. The van der Waals surface area contributed by atoms with Crippen LogP contribution in [-0.2, 0) is 23.7 Å². The second-order valence-electron chi connectivity index (χ2n) is 4.14. The first-order valence-corrected chi connectivity index (χ1v) is 6.75. The zero-order valence-electron chi connectivity index (χ0n) is 12.5. The predicted octanol–water partition coefficient (Wildman–Crippen LogP) is 0.307. The van der Waals surface area contributed by atoms with Crippen LogP contribution in [0.4, 0.5) is 0 Å². The summed E-state index contributed by atoms with van der Waals surface area (Å²) in [5, 5.41) is 3.29. The second-order valence-corrected chi connectivity index (χ2v) is 4.14. The van der Waals surface area contributed by atoms with Crippen LogP contribution in [-0.4, -0.2) is 79.7 Å². The minimum absolute atomic E-state index is 0.356. The molecule has 0 spiro atoms. The third kappa shape index (κ3) is 15.7. The zero-order valence-corrected chi connectivity index (χ0v) is 12.5. The van der Waals surface area contributed by atoms with Crippen molar-refractivity contribution in [2.24, 2.45) is 0 Å². The number of rotatable bonds is 15. The Hall–Kier alpha value is -0.240. The van der Waals surface area contributed by atoms with Gasteiger partial charge >= 0.3 is 0 Å². The van der Waals surface area contributed by atoms with Crippen LogP contribution in [0.25, 0.3) is 0 Å². The monoisotopic (exact) mass is 279 g/mol. The minimum Gasteiger partial charge on any atom is -0.383 e. The summed E-state index contributed by atoms with van der Waals surface area (Å²) in [6.07, 6.45) is 0. The Morgan fingerprint density at radius 1 is 0.737 bits per heavy atom. The van der Waals surface area contributed by atoms with E-state index in [9.17, 15) is 0 Å². The summed E-state index contributed by atoms with van der Waals surface area (Å²) in [4.78, 5) is 0. The normalized spacial score (nSPS) is 12.8. The highest BCUT2D eigenvalue weighted by molar-refractivity contribution is 4.57. The smallest absolute Gasteiger partial charge is 0.0701 e. The van der Waals surface area contributed by atoms with Gasteiger partial charge in [0.05, 0.1) is 52.9 Å². The molecule has 6 heteroatoms. The van der Waals surface area contributed by atoms with Gasteiger partial charge < -0.3 is 29.0 Å². The summed E-state index contributed by atoms with van der Waals surface area (Å²) in [5.74, 6) is 0. The van der Waals surface area contributed by atoms with Crippen LogP contribution in [0.15, 0.2) is 0 Å². The number of hydrogen-bond acceptors (Lipinski definition) is 6. The van der Waals surface area contributed by atoms with Crippen molar-refractivity contribution in [1.29, 1.82) is 0 Å². The van der Waals surface area contributed by atoms with Gasteiger partial charge in [-0.25, -0.2) is 0 Å². The van der Waals surface area contributed by atoms with E-state index in [4.69, 9.17) is 23.7 Å². The van der Waals surface area contributed by atoms with Gasteiger partial charge in [0.1, 0.15) is 0 Å². The van der Waals surface area contributed by atoms with Gasteiger partial charge in [0.2, 0.25) is 0 Å². The van der Waals surface area contributed by atoms with E-state index in [2.05, 4.69) is 12.2 Å². The summed E-state index contributed by atoms with van der Waals surface area (Å²) in [7, 11) is 3.35. The quantitative estimate of drug-likeness (QED) is 0.435. The van der Waals surface area contributed by atoms with E-state index in [0.717, 1.165) is 6.54 Å². The molecule has 0 bridgehead atoms. The van der Waals surface area contributed by atoms with Gasteiger partial charge in [0.25, 0.3) is 0 Å². The second kappa shape index (κ2) is 15.8. The maximum absolute atomic E-state index is 5.42. The van der Waals surface area contributed by atoms with Crippen molar-refractivity contribution in [2.45, 2.75) is 13.0 Å². The number of ether oxygens (including phenoxy) is 5. The molecular formula is C13H29NO5. The fraction of sp³-hybridized carbons (Fsp3) is 1.00. The summed E-state index contributed by atoms with van der Waals surface area (Å²) >= 11 is 0. The molecule has 0 aromatic rings. The molecule has 1 N–H and O–H groups in total. The average Bonchev–Trinajstić information content (AvgIpc) is 2.40. The van der Waals surface area contributed by atoms with Gasteiger partial charge in [-0.15, -0.1) is 0 Å². The molecule has 0 aliphatic carbocycles. The Morgan fingerprint density at radius 3 is 1.79 bits per heavy atom. The molecule has 6 nitrogen and oxygen atoms in total. The van der Waals surface area contributed by atoms with Crippen molar-refractivity contribution >= 4 is 0 Å². The molecule has 0 saturated heterocycles. The van der Waals surface area contributed by atoms with E-state index in [1.165, 1.54) is 0 Å². The SMILES string of the molecule is COCCOCCOCCOCCNC(C)COC. The van der Waals surface area contributed by atoms with Crippen LogP contribution in [0.1, 0.15) is 6.92 Å². The maximum atomic E-state index is 5.42. The average molecular weight is 279 g/mol. The Balaban J connectivity index is 2.99. The molecule has 116 valence electrons. The topological polar surface area (TPSA) is 58.2 Å². The van der Waals surface area contributed by atoms with Crippen molar-refractivity contribution in [3.05, 3.63) is 0 Å². The predicted molar refractivity (Wildman–Crippen MR) is 73.7 cm³/mol. The third-order valence-corrected chi connectivity index (χ3v) is 2.33. The molecule has 0 aromatic heterocycles. The Bertz CT molecular complexity index is 171. The molecule has 0 aromatic carbocycles. The fourth-order valence-corrected chi connectivity index (χ4v) is 1.37. The molecule has 0 radical (unpaired) electrons. The van der Waals surface area contributed by atoms with E-state index in [1.807, 2.05) is 0 Å². The Morgan fingerprint density at radius 2 is 1.26 bits per heavy atom. The van der Waals surface area contributed by atoms with Crippen LogP contribution in [0.3, 0.4) is 0 Å². The van der Waals surface area contributed by atoms with Gasteiger partial charge in [-0.3, -0.25) is 0 Å². The zero-order chi connectivity index (χ0) is 14.2. The van der Waals surface area contributed by atoms with E-state index < -0.39 is 0 Å². The van der Waals surface area contributed by atoms with Crippen LogP contribution in [0.2, 0.25) is 0 Å². The molecule has 0 aliphatic heterocycles. The summed E-state index contributed by atoms with van der Waals surface area (Å²) < 4.78 is 25.9.